The van der Waals surface area contributed by atoms with Crippen LogP contribution in [-0.2, 0) is 16.1 Å². The minimum Gasteiger partial charge on any atom is -0.344 e. The van der Waals surface area contributed by atoms with Gasteiger partial charge < -0.3 is 16.0 Å². The first kappa shape index (κ1) is 13.5. The summed E-state index contributed by atoms with van der Waals surface area (Å²) in [6.07, 6.45) is 1.01. The van der Waals surface area contributed by atoms with Crippen LogP contribution in [0.1, 0.15) is 18.4 Å². The molecule has 1 unspecified atom stereocenters. The molecule has 1 aromatic carbocycles. The van der Waals surface area contributed by atoms with E-state index in [1.54, 1.807) is 4.90 Å². The van der Waals surface area contributed by atoms with Gasteiger partial charge in [-0.1, -0.05) is 30.3 Å². The molecule has 1 heterocycles. The second-order valence-corrected chi connectivity index (χ2v) is 4.69. The summed E-state index contributed by atoms with van der Waals surface area (Å²) in [5, 5.41) is 2.71. The van der Waals surface area contributed by atoms with E-state index >= 15 is 0 Å². The molecular weight excluding hydrogens is 242 g/mol. The Bertz CT molecular complexity index is 447. The van der Waals surface area contributed by atoms with Crippen molar-refractivity contribution in [3.63, 3.8) is 0 Å². The Hall–Kier alpha value is -1.88. The molecule has 0 radical (unpaired) electrons. The summed E-state index contributed by atoms with van der Waals surface area (Å²) in [7, 11) is 0. The van der Waals surface area contributed by atoms with Crippen LogP contribution in [0.25, 0.3) is 0 Å². The third kappa shape index (κ3) is 3.54. The first-order valence-corrected chi connectivity index (χ1v) is 6.53. The van der Waals surface area contributed by atoms with E-state index in [-0.39, 0.29) is 17.9 Å². The standard InChI is InChI=1S/C14H19N3O2/c15-8-9-17(10-11-4-2-1-3-5-11)14(19)12-6-7-13(18)16-12/h1-5,12H,6-10,15H2,(H,16,18). The van der Waals surface area contributed by atoms with E-state index in [1.165, 1.54) is 0 Å². The fraction of sp³-hybridized carbons (Fsp3) is 0.429. The van der Waals surface area contributed by atoms with Crippen molar-refractivity contribution >= 4 is 11.8 Å². The van der Waals surface area contributed by atoms with Crippen LogP contribution in [0.15, 0.2) is 30.3 Å². The third-order valence-electron chi connectivity index (χ3n) is 3.22. The van der Waals surface area contributed by atoms with E-state index in [0.29, 0.717) is 32.5 Å². The van der Waals surface area contributed by atoms with Gasteiger partial charge in [-0.15, -0.1) is 0 Å². The Balaban J connectivity index is 2.02. The summed E-state index contributed by atoms with van der Waals surface area (Å²) in [5.41, 5.74) is 6.63. The third-order valence-corrected chi connectivity index (χ3v) is 3.22. The number of carbonyl (C=O) groups is 2. The van der Waals surface area contributed by atoms with Crippen LogP contribution in [0.2, 0.25) is 0 Å². The zero-order valence-corrected chi connectivity index (χ0v) is 10.8. The summed E-state index contributed by atoms with van der Waals surface area (Å²) in [6.45, 7) is 1.45. The van der Waals surface area contributed by atoms with Crippen molar-refractivity contribution in [2.45, 2.75) is 25.4 Å². The van der Waals surface area contributed by atoms with Crippen LogP contribution in [-0.4, -0.2) is 35.8 Å². The first-order valence-electron chi connectivity index (χ1n) is 6.53. The van der Waals surface area contributed by atoms with Gasteiger partial charge in [-0.2, -0.15) is 0 Å². The molecule has 1 aliphatic heterocycles. The van der Waals surface area contributed by atoms with Crippen molar-refractivity contribution < 1.29 is 9.59 Å². The molecule has 102 valence electrons. The number of nitrogens with two attached hydrogens (primary N) is 1. The lowest BCUT2D eigenvalue weighted by Crippen LogP contribution is -2.45. The smallest absolute Gasteiger partial charge is 0.245 e. The maximum absolute atomic E-state index is 12.3. The average molecular weight is 261 g/mol. The van der Waals surface area contributed by atoms with Gasteiger partial charge in [-0.25, -0.2) is 0 Å². The highest BCUT2D eigenvalue weighted by Crippen LogP contribution is 2.12. The normalized spacial score (nSPS) is 18.2. The Morgan fingerprint density at radius 1 is 1.37 bits per heavy atom. The van der Waals surface area contributed by atoms with E-state index in [9.17, 15) is 9.59 Å². The molecule has 0 aromatic heterocycles. The summed E-state index contributed by atoms with van der Waals surface area (Å²) >= 11 is 0. The predicted octanol–water partition coefficient (Wildman–Crippen LogP) is 0.252. The fourth-order valence-electron chi connectivity index (χ4n) is 2.25. The predicted molar refractivity (Wildman–Crippen MR) is 72.1 cm³/mol. The van der Waals surface area contributed by atoms with Gasteiger partial charge in [-0.05, 0) is 12.0 Å². The van der Waals surface area contributed by atoms with E-state index in [1.807, 2.05) is 30.3 Å². The zero-order valence-electron chi connectivity index (χ0n) is 10.8. The number of hydrogen-bond donors (Lipinski definition) is 2. The van der Waals surface area contributed by atoms with Crippen molar-refractivity contribution in [2.24, 2.45) is 5.73 Å². The Labute approximate surface area is 112 Å². The maximum atomic E-state index is 12.3. The molecule has 0 spiro atoms. The SMILES string of the molecule is NCCN(Cc1ccccc1)C(=O)C1CCC(=O)N1. The van der Waals surface area contributed by atoms with Crippen LogP contribution in [0.4, 0.5) is 0 Å². The topological polar surface area (TPSA) is 75.4 Å². The zero-order chi connectivity index (χ0) is 13.7. The van der Waals surface area contributed by atoms with Crippen LogP contribution < -0.4 is 11.1 Å². The van der Waals surface area contributed by atoms with Gasteiger partial charge in [0, 0.05) is 26.1 Å². The minimum atomic E-state index is -0.386. The maximum Gasteiger partial charge on any atom is 0.245 e. The number of benzene rings is 1. The van der Waals surface area contributed by atoms with E-state index in [2.05, 4.69) is 5.32 Å². The van der Waals surface area contributed by atoms with E-state index < -0.39 is 0 Å². The quantitative estimate of drug-likeness (QED) is 0.798. The Morgan fingerprint density at radius 2 is 2.11 bits per heavy atom. The second-order valence-electron chi connectivity index (χ2n) is 4.69. The lowest BCUT2D eigenvalue weighted by molar-refractivity contribution is -0.134. The van der Waals surface area contributed by atoms with Gasteiger partial charge in [0.2, 0.25) is 11.8 Å². The van der Waals surface area contributed by atoms with Gasteiger partial charge >= 0.3 is 0 Å². The molecule has 5 nitrogen and oxygen atoms in total. The number of carbonyl (C=O) groups excluding carboxylic acids is 2. The number of nitrogens with one attached hydrogen (secondary N) is 1. The van der Waals surface area contributed by atoms with Gasteiger partial charge in [-0.3, -0.25) is 9.59 Å². The van der Waals surface area contributed by atoms with Crippen LogP contribution in [0.5, 0.6) is 0 Å². The molecular formula is C14H19N3O2. The Kier molecular flexibility index (Phi) is 4.52. The summed E-state index contributed by atoms with van der Waals surface area (Å²) in [4.78, 5) is 25.2. The molecule has 1 saturated heterocycles. The van der Waals surface area contributed by atoms with Gasteiger partial charge in [0.05, 0.1) is 0 Å². The average Bonchev–Trinajstić information content (AvgIpc) is 2.85. The summed E-state index contributed by atoms with van der Waals surface area (Å²) in [5.74, 6) is -0.0917. The second kappa shape index (κ2) is 6.33. The molecule has 1 fully saturated rings. The highest BCUT2D eigenvalue weighted by Gasteiger charge is 2.30. The Morgan fingerprint density at radius 3 is 2.68 bits per heavy atom. The van der Waals surface area contributed by atoms with Crippen molar-refractivity contribution in [3.05, 3.63) is 35.9 Å². The largest absolute Gasteiger partial charge is 0.344 e. The van der Waals surface area contributed by atoms with Crippen molar-refractivity contribution in [1.29, 1.82) is 0 Å². The van der Waals surface area contributed by atoms with E-state index in [4.69, 9.17) is 5.73 Å². The number of hydrogen-bond acceptors (Lipinski definition) is 3. The van der Waals surface area contributed by atoms with Crippen molar-refractivity contribution in [3.8, 4) is 0 Å². The first-order chi connectivity index (χ1) is 9.20. The van der Waals surface area contributed by atoms with E-state index in [0.717, 1.165) is 5.56 Å². The van der Waals surface area contributed by atoms with Crippen LogP contribution >= 0.6 is 0 Å². The molecule has 2 amide bonds. The van der Waals surface area contributed by atoms with Crippen molar-refractivity contribution in [1.82, 2.24) is 10.2 Å². The van der Waals surface area contributed by atoms with Gasteiger partial charge in [0.1, 0.15) is 6.04 Å². The molecule has 19 heavy (non-hydrogen) atoms. The number of rotatable bonds is 5. The number of amides is 2. The van der Waals surface area contributed by atoms with Crippen LogP contribution in [0, 0.1) is 0 Å². The molecule has 1 aliphatic rings. The lowest BCUT2D eigenvalue weighted by Gasteiger charge is -2.25. The molecule has 0 bridgehead atoms. The monoisotopic (exact) mass is 261 g/mol. The van der Waals surface area contributed by atoms with Gasteiger partial charge in [0.25, 0.3) is 0 Å². The van der Waals surface area contributed by atoms with Crippen LogP contribution in [0.3, 0.4) is 0 Å². The highest BCUT2D eigenvalue weighted by molar-refractivity contribution is 5.90. The van der Waals surface area contributed by atoms with Crippen molar-refractivity contribution in [2.75, 3.05) is 13.1 Å². The number of nitrogens with zero attached hydrogens (tertiary/aromatic N) is 1. The molecule has 0 aliphatic carbocycles. The molecule has 1 aromatic rings. The molecule has 1 atom stereocenters. The fourth-order valence-corrected chi connectivity index (χ4v) is 2.25. The molecule has 0 saturated carbocycles. The summed E-state index contributed by atoms with van der Waals surface area (Å²) < 4.78 is 0. The molecule has 3 N–H and O–H groups in total. The summed E-state index contributed by atoms with van der Waals surface area (Å²) in [6, 6.07) is 9.39. The molecule has 2 rings (SSSR count). The molecule has 5 heteroatoms. The minimum absolute atomic E-state index is 0.0415. The highest BCUT2D eigenvalue weighted by atomic mass is 16.2. The van der Waals surface area contributed by atoms with Gasteiger partial charge in [0.15, 0.2) is 0 Å². The lowest BCUT2D eigenvalue weighted by atomic mass is 10.1.